The molecule has 1 amide bonds. The van der Waals surface area contributed by atoms with E-state index in [1.54, 1.807) is 4.90 Å². The van der Waals surface area contributed by atoms with Gasteiger partial charge in [0.1, 0.15) is 0 Å². The van der Waals surface area contributed by atoms with E-state index < -0.39 is 0 Å². The van der Waals surface area contributed by atoms with E-state index in [-0.39, 0.29) is 5.91 Å². The number of hydrogen-bond donors (Lipinski definition) is 0. The summed E-state index contributed by atoms with van der Waals surface area (Å²) in [5, 5.41) is 17.1. The summed E-state index contributed by atoms with van der Waals surface area (Å²) in [5.41, 5.74) is 1.18. The average Bonchev–Trinajstić information content (AvgIpc) is 3.24. The summed E-state index contributed by atoms with van der Waals surface area (Å²) in [5.74, 6) is 1.54. The van der Waals surface area contributed by atoms with Crippen molar-refractivity contribution in [1.82, 2.24) is 30.1 Å². The highest BCUT2D eigenvalue weighted by Crippen LogP contribution is 2.16. The van der Waals surface area contributed by atoms with Gasteiger partial charge in [0.15, 0.2) is 17.3 Å². The first-order valence-corrected chi connectivity index (χ1v) is 9.15. The monoisotopic (exact) mass is 378 g/mol. The second kappa shape index (κ2) is 7.63. The Morgan fingerprint density at radius 1 is 0.964 bits per heavy atom. The van der Waals surface area contributed by atoms with Gasteiger partial charge in [-0.1, -0.05) is 18.2 Å². The molecule has 0 saturated carbocycles. The number of amides is 1. The molecular weight excluding hydrogens is 356 g/mol. The quantitative estimate of drug-likeness (QED) is 0.672. The molecule has 1 fully saturated rings. The van der Waals surface area contributed by atoms with Gasteiger partial charge in [0.05, 0.1) is 11.9 Å². The number of para-hydroxylation sites is 1. The van der Waals surface area contributed by atoms with E-state index in [1.165, 1.54) is 11.0 Å². The van der Waals surface area contributed by atoms with Gasteiger partial charge < -0.3 is 14.7 Å². The zero-order valence-electron chi connectivity index (χ0n) is 15.9. The minimum Gasteiger partial charge on any atom is -0.361 e. The minimum absolute atomic E-state index is 0.101. The third-order valence-corrected chi connectivity index (χ3v) is 4.68. The third kappa shape index (κ3) is 3.64. The molecule has 3 aromatic rings. The van der Waals surface area contributed by atoms with Crippen molar-refractivity contribution in [1.29, 1.82) is 0 Å². The van der Waals surface area contributed by atoms with Crippen LogP contribution in [0.5, 0.6) is 0 Å². The third-order valence-electron chi connectivity index (χ3n) is 4.68. The van der Waals surface area contributed by atoms with Crippen molar-refractivity contribution >= 4 is 17.5 Å². The molecule has 4 rings (SSSR count). The highest BCUT2D eigenvalue weighted by molar-refractivity contribution is 5.92. The molecule has 0 atom stereocenters. The van der Waals surface area contributed by atoms with Crippen LogP contribution in [0.3, 0.4) is 0 Å². The topological polar surface area (TPSA) is 83.3 Å². The van der Waals surface area contributed by atoms with Gasteiger partial charge in [-0.25, -0.2) is 0 Å². The summed E-state index contributed by atoms with van der Waals surface area (Å²) in [4.78, 5) is 20.1. The van der Waals surface area contributed by atoms with Crippen molar-refractivity contribution < 1.29 is 4.79 Å². The zero-order chi connectivity index (χ0) is 19.5. The summed E-state index contributed by atoms with van der Waals surface area (Å²) < 4.78 is 0. The predicted molar refractivity (Wildman–Crippen MR) is 106 cm³/mol. The summed E-state index contributed by atoms with van der Waals surface area (Å²) in [6.45, 7) is 2.62. The molecular formula is C19H22N8O. The predicted octanol–water partition coefficient (Wildman–Crippen LogP) is 1.09. The fraction of sp³-hybridized carbons (Fsp3) is 0.316. The number of rotatable bonds is 4. The second-order valence-corrected chi connectivity index (χ2v) is 6.78. The van der Waals surface area contributed by atoms with Crippen molar-refractivity contribution in [2.75, 3.05) is 50.1 Å². The van der Waals surface area contributed by atoms with Crippen molar-refractivity contribution in [3.05, 3.63) is 54.4 Å². The fourth-order valence-corrected chi connectivity index (χ4v) is 3.07. The lowest BCUT2D eigenvalue weighted by atomic mass is 10.3. The molecule has 28 heavy (non-hydrogen) atoms. The van der Waals surface area contributed by atoms with Gasteiger partial charge in [-0.05, 0) is 24.3 Å². The van der Waals surface area contributed by atoms with Crippen LogP contribution < -0.4 is 9.80 Å². The van der Waals surface area contributed by atoms with E-state index in [1.807, 2.05) is 61.5 Å². The summed E-state index contributed by atoms with van der Waals surface area (Å²) in [7, 11) is 3.87. The van der Waals surface area contributed by atoms with E-state index in [2.05, 4.69) is 25.3 Å². The molecule has 0 aliphatic carbocycles. The van der Waals surface area contributed by atoms with Gasteiger partial charge in [-0.3, -0.25) is 4.79 Å². The molecule has 2 aromatic heterocycles. The molecule has 0 bridgehead atoms. The first-order valence-electron chi connectivity index (χ1n) is 9.15. The number of benzene rings is 1. The van der Waals surface area contributed by atoms with Gasteiger partial charge in [-0.2, -0.15) is 9.90 Å². The average molecular weight is 378 g/mol. The maximum atomic E-state index is 12.8. The van der Waals surface area contributed by atoms with Crippen LogP contribution in [-0.2, 0) is 0 Å². The van der Waals surface area contributed by atoms with Crippen LogP contribution in [0.1, 0.15) is 10.5 Å². The van der Waals surface area contributed by atoms with Gasteiger partial charge >= 0.3 is 0 Å². The van der Waals surface area contributed by atoms with E-state index in [0.717, 1.165) is 17.3 Å². The number of anilines is 2. The zero-order valence-corrected chi connectivity index (χ0v) is 15.9. The first kappa shape index (κ1) is 17.9. The molecule has 9 heteroatoms. The Bertz CT molecular complexity index is 930. The van der Waals surface area contributed by atoms with Crippen LogP contribution in [0.15, 0.2) is 48.7 Å². The van der Waals surface area contributed by atoms with Crippen LogP contribution in [0.25, 0.3) is 5.69 Å². The van der Waals surface area contributed by atoms with Crippen molar-refractivity contribution in [3.63, 3.8) is 0 Å². The molecule has 0 radical (unpaired) electrons. The smallest absolute Gasteiger partial charge is 0.276 e. The Kier molecular flexibility index (Phi) is 4.88. The van der Waals surface area contributed by atoms with E-state index in [0.29, 0.717) is 31.9 Å². The molecule has 0 N–H and O–H groups in total. The Morgan fingerprint density at radius 3 is 2.36 bits per heavy atom. The molecule has 3 heterocycles. The Labute approximate surface area is 163 Å². The number of carbonyl (C=O) groups excluding carboxylic acids is 1. The van der Waals surface area contributed by atoms with Crippen LogP contribution in [-0.4, -0.2) is 76.3 Å². The van der Waals surface area contributed by atoms with E-state index in [4.69, 9.17) is 0 Å². The largest absolute Gasteiger partial charge is 0.361 e. The molecule has 1 aliphatic heterocycles. The van der Waals surface area contributed by atoms with Gasteiger partial charge in [-0.15, -0.1) is 15.3 Å². The number of aromatic nitrogens is 5. The van der Waals surface area contributed by atoms with Crippen molar-refractivity contribution in [2.45, 2.75) is 0 Å². The summed E-state index contributed by atoms with van der Waals surface area (Å²) in [6.07, 6.45) is 1.52. The number of nitrogens with zero attached hydrogens (tertiary/aromatic N) is 8. The van der Waals surface area contributed by atoms with Crippen molar-refractivity contribution in [2.24, 2.45) is 0 Å². The molecule has 1 aliphatic rings. The van der Waals surface area contributed by atoms with Crippen LogP contribution in [0, 0.1) is 0 Å². The molecule has 1 aromatic carbocycles. The van der Waals surface area contributed by atoms with E-state index in [9.17, 15) is 4.79 Å². The van der Waals surface area contributed by atoms with E-state index >= 15 is 0 Å². The molecule has 1 saturated heterocycles. The lowest BCUT2D eigenvalue weighted by molar-refractivity contribution is 0.0740. The van der Waals surface area contributed by atoms with Crippen molar-refractivity contribution in [3.8, 4) is 5.69 Å². The molecule has 0 unspecified atom stereocenters. The first-order chi connectivity index (χ1) is 13.6. The van der Waals surface area contributed by atoms with Gasteiger partial charge in [0, 0.05) is 40.3 Å². The van der Waals surface area contributed by atoms with Crippen LogP contribution in [0.2, 0.25) is 0 Å². The number of hydrogen-bond acceptors (Lipinski definition) is 7. The van der Waals surface area contributed by atoms with Crippen LogP contribution >= 0.6 is 0 Å². The number of carbonyl (C=O) groups is 1. The Balaban J connectivity index is 1.38. The normalized spacial score (nSPS) is 14.2. The summed E-state index contributed by atoms with van der Waals surface area (Å²) >= 11 is 0. The lowest BCUT2D eigenvalue weighted by Gasteiger charge is -2.34. The second-order valence-electron chi connectivity index (χ2n) is 6.78. The maximum absolute atomic E-state index is 12.8. The van der Waals surface area contributed by atoms with Gasteiger partial charge in [0.25, 0.3) is 5.91 Å². The molecule has 9 nitrogen and oxygen atoms in total. The fourth-order valence-electron chi connectivity index (χ4n) is 3.07. The van der Waals surface area contributed by atoms with Crippen LogP contribution in [0.4, 0.5) is 11.6 Å². The highest BCUT2D eigenvalue weighted by atomic mass is 16.2. The Morgan fingerprint density at radius 2 is 1.71 bits per heavy atom. The highest BCUT2D eigenvalue weighted by Gasteiger charge is 2.25. The van der Waals surface area contributed by atoms with Gasteiger partial charge in [0.2, 0.25) is 0 Å². The lowest BCUT2D eigenvalue weighted by Crippen LogP contribution is -2.49. The maximum Gasteiger partial charge on any atom is 0.276 e. The number of piperazine rings is 1. The minimum atomic E-state index is -0.101. The standard InChI is InChI=1S/C19H22N8O/c1-24(2)17-8-9-18(22-21-17)25-10-12-26(13-11-25)19(28)16-14-20-27(23-16)15-6-4-3-5-7-15/h3-9,14H,10-13H2,1-2H3. The SMILES string of the molecule is CN(C)c1ccc(N2CCN(C(=O)c3cnn(-c4ccccc4)n3)CC2)nn1. The molecule has 0 spiro atoms. The molecule has 144 valence electrons. The Hall–Kier alpha value is -3.49. The summed E-state index contributed by atoms with van der Waals surface area (Å²) in [6, 6.07) is 13.5.